The SMILES string of the molecule is c1cc(-c2ccc3ncsc3c2)nc(-c2cc3ccc4ccccc4c3c3ccccc23)c1. The Hall–Kier alpha value is -4.08. The minimum Gasteiger partial charge on any atom is -0.248 e. The molecule has 2 aromatic heterocycles. The van der Waals surface area contributed by atoms with Crippen molar-refractivity contribution in [2.45, 2.75) is 0 Å². The fraction of sp³-hybridized carbons (Fsp3) is 0. The van der Waals surface area contributed by atoms with E-state index in [2.05, 4.69) is 108 Å². The maximum Gasteiger partial charge on any atom is 0.0812 e. The van der Waals surface area contributed by atoms with Crippen molar-refractivity contribution in [1.82, 2.24) is 9.97 Å². The Kier molecular flexibility index (Phi) is 4.05. The van der Waals surface area contributed by atoms with E-state index in [4.69, 9.17) is 4.98 Å². The van der Waals surface area contributed by atoms with Gasteiger partial charge in [0.15, 0.2) is 0 Å². The Labute approximate surface area is 194 Å². The summed E-state index contributed by atoms with van der Waals surface area (Å²) in [6.07, 6.45) is 0. The lowest BCUT2D eigenvalue weighted by molar-refractivity contribution is 1.33. The largest absolute Gasteiger partial charge is 0.248 e. The fourth-order valence-corrected chi connectivity index (χ4v) is 5.57. The van der Waals surface area contributed by atoms with E-state index in [0.717, 1.165) is 28.0 Å². The van der Waals surface area contributed by atoms with Crippen LogP contribution in [0.1, 0.15) is 0 Å². The van der Waals surface area contributed by atoms with E-state index in [1.54, 1.807) is 11.3 Å². The van der Waals surface area contributed by atoms with Gasteiger partial charge < -0.3 is 0 Å². The van der Waals surface area contributed by atoms with Gasteiger partial charge in [-0.05, 0) is 62.6 Å². The van der Waals surface area contributed by atoms with Crippen LogP contribution < -0.4 is 0 Å². The standard InChI is InChI=1S/C30H18N2S/c1-2-7-22-19(6-1)12-13-21-16-25(23-8-3-4-9-24(23)30(21)22)27-11-5-10-26(32-27)20-14-15-28-29(17-20)33-18-31-28/h1-18H. The van der Waals surface area contributed by atoms with Gasteiger partial charge in [0.05, 0.1) is 27.1 Å². The molecule has 2 nitrogen and oxygen atoms in total. The quantitative estimate of drug-likeness (QED) is 0.253. The molecule has 0 amide bonds. The molecule has 7 aromatic rings. The molecule has 0 saturated carbocycles. The van der Waals surface area contributed by atoms with Crippen molar-refractivity contribution in [3.05, 3.63) is 109 Å². The number of fused-ring (bicyclic) bond motifs is 6. The highest BCUT2D eigenvalue weighted by atomic mass is 32.1. The molecule has 0 fully saturated rings. The summed E-state index contributed by atoms with van der Waals surface area (Å²) in [4.78, 5) is 9.51. The normalized spacial score (nSPS) is 11.6. The van der Waals surface area contributed by atoms with Crippen LogP contribution in [-0.2, 0) is 0 Å². The molecule has 0 saturated heterocycles. The number of benzene rings is 5. The molecule has 154 valence electrons. The monoisotopic (exact) mass is 438 g/mol. The van der Waals surface area contributed by atoms with Crippen LogP contribution in [-0.4, -0.2) is 9.97 Å². The van der Waals surface area contributed by atoms with E-state index in [-0.39, 0.29) is 0 Å². The van der Waals surface area contributed by atoms with Crippen LogP contribution >= 0.6 is 11.3 Å². The van der Waals surface area contributed by atoms with Crippen LogP contribution in [0.2, 0.25) is 0 Å². The molecule has 0 N–H and O–H groups in total. The van der Waals surface area contributed by atoms with E-state index >= 15 is 0 Å². The number of nitrogens with zero attached hydrogens (tertiary/aromatic N) is 2. The summed E-state index contributed by atoms with van der Waals surface area (Å²) in [5.41, 5.74) is 7.17. The van der Waals surface area contributed by atoms with E-state index in [1.165, 1.54) is 37.0 Å². The van der Waals surface area contributed by atoms with Gasteiger partial charge in [0.2, 0.25) is 0 Å². The summed E-state index contributed by atoms with van der Waals surface area (Å²) in [6.45, 7) is 0. The highest BCUT2D eigenvalue weighted by Gasteiger charge is 2.13. The van der Waals surface area contributed by atoms with Crippen molar-refractivity contribution in [3.8, 4) is 22.5 Å². The summed E-state index contributed by atoms with van der Waals surface area (Å²) < 4.78 is 1.18. The summed E-state index contributed by atoms with van der Waals surface area (Å²) in [7, 11) is 0. The highest BCUT2D eigenvalue weighted by molar-refractivity contribution is 7.16. The topological polar surface area (TPSA) is 25.8 Å². The average molecular weight is 439 g/mol. The van der Waals surface area contributed by atoms with Gasteiger partial charge in [-0.3, -0.25) is 0 Å². The molecule has 0 spiro atoms. The van der Waals surface area contributed by atoms with Gasteiger partial charge in [-0.15, -0.1) is 11.3 Å². The lowest BCUT2D eigenvalue weighted by Crippen LogP contribution is -1.90. The van der Waals surface area contributed by atoms with Gasteiger partial charge >= 0.3 is 0 Å². The van der Waals surface area contributed by atoms with Crippen molar-refractivity contribution in [1.29, 1.82) is 0 Å². The van der Waals surface area contributed by atoms with Crippen molar-refractivity contribution in [2.24, 2.45) is 0 Å². The summed E-state index contributed by atoms with van der Waals surface area (Å²) in [5.74, 6) is 0. The molecule has 0 aliphatic rings. The number of thiazole rings is 1. The number of pyridine rings is 1. The fourth-order valence-electron chi connectivity index (χ4n) is 4.85. The van der Waals surface area contributed by atoms with Crippen LogP contribution in [0.3, 0.4) is 0 Å². The van der Waals surface area contributed by atoms with Gasteiger partial charge in [-0.25, -0.2) is 9.97 Å². The third-order valence-electron chi connectivity index (χ3n) is 6.40. The third-order valence-corrected chi connectivity index (χ3v) is 7.19. The summed E-state index contributed by atoms with van der Waals surface area (Å²) in [6, 6.07) is 36.7. The Balaban J connectivity index is 1.49. The number of rotatable bonds is 2. The number of aromatic nitrogens is 2. The van der Waals surface area contributed by atoms with Gasteiger partial charge in [-0.2, -0.15) is 0 Å². The zero-order valence-electron chi connectivity index (χ0n) is 17.7. The minimum absolute atomic E-state index is 0.977. The van der Waals surface area contributed by atoms with E-state index in [9.17, 15) is 0 Å². The van der Waals surface area contributed by atoms with E-state index < -0.39 is 0 Å². The van der Waals surface area contributed by atoms with Crippen molar-refractivity contribution in [3.63, 3.8) is 0 Å². The van der Waals surface area contributed by atoms with Crippen LogP contribution in [0.5, 0.6) is 0 Å². The van der Waals surface area contributed by atoms with Crippen LogP contribution in [0.25, 0.3) is 65.0 Å². The minimum atomic E-state index is 0.977. The maximum atomic E-state index is 5.11. The van der Waals surface area contributed by atoms with Crippen LogP contribution in [0, 0.1) is 0 Å². The zero-order valence-corrected chi connectivity index (χ0v) is 18.5. The average Bonchev–Trinajstić information content (AvgIpc) is 3.36. The predicted molar refractivity (Wildman–Crippen MR) is 141 cm³/mol. The lowest BCUT2D eigenvalue weighted by atomic mass is 9.92. The smallest absolute Gasteiger partial charge is 0.0812 e. The molecular formula is C30H18N2S. The van der Waals surface area contributed by atoms with Crippen molar-refractivity contribution < 1.29 is 0 Å². The first-order valence-corrected chi connectivity index (χ1v) is 11.9. The maximum absolute atomic E-state index is 5.11. The first-order chi connectivity index (χ1) is 16.3. The molecule has 33 heavy (non-hydrogen) atoms. The first-order valence-electron chi connectivity index (χ1n) is 11.0. The second-order valence-electron chi connectivity index (χ2n) is 8.30. The summed E-state index contributed by atoms with van der Waals surface area (Å²) in [5, 5.41) is 7.59. The van der Waals surface area contributed by atoms with E-state index in [0.29, 0.717) is 0 Å². The molecule has 0 bridgehead atoms. The zero-order chi connectivity index (χ0) is 21.8. The second-order valence-corrected chi connectivity index (χ2v) is 9.18. The first kappa shape index (κ1) is 18.5. The van der Waals surface area contributed by atoms with Gasteiger partial charge in [0.1, 0.15) is 0 Å². The Morgan fingerprint density at radius 2 is 1.36 bits per heavy atom. The molecular weight excluding hydrogens is 420 g/mol. The van der Waals surface area contributed by atoms with Gasteiger partial charge in [0.25, 0.3) is 0 Å². The molecule has 0 aliphatic heterocycles. The molecule has 2 heterocycles. The Morgan fingerprint density at radius 1 is 0.576 bits per heavy atom. The van der Waals surface area contributed by atoms with Crippen LogP contribution in [0.15, 0.2) is 109 Å². The summed E-state index contributed by atoms with van der Waals surface area (Å²) >= 11 is 1.66. The lowest BCUT2D eigenvalue weighted by Gasteiger charge is -2.13. The van der Waals surface area contributed by atoms with Crippen molar-refractivity contribution in [2.75, 3.05) is 0 Å². The number of hydrogen-bond donors (Lipinski definition) is 0. The Morgan fingerprint density at radius 3 is 2.30 bits per heavy atom. The molecule has 7 rings (SSSR count). The molecule has 0 atom stereocenters. The van der Waals surface area contributed by atoms with Crippen LogP contribution in [0.4, 0.5) is 0 Å². The molecule has 5 aromatic carbocycles. The van der Waals surface area contributed by atoms with Gasteiger partial charge in [-0.1, -0.05) is 72.8 Å². The predicted octanol–water partition coefficient (Wildman–Crippen LogP) is 8.48. The van der Waals surface area contributed by atoms with Gasteiger partial charge in [0, 0.05) is 11.1 Å². The third kappa shape index (κ3) is 2.94. The van der Waals surface area contributed by atoms with Crippen molar-refractivity contribution >= 4 is 53.9 Å². The molecule has 0 unspecified atom stereocenters. The molecule has 0 radical (unpaired) electrons. The number of hydrogen-bond acceptors (Lipinski definition) is 3. The van der Waals surface area contributed by atoms with E-state index in [1.807, 2.05) is 5.51 Å². The molecule has 3 heteroatoms. The highest BCUT2D eigenvalue weighted by Crippen LogP contribution is 2.38. The Bertz CT molecular complexity index is 1830. The molecule has 0 aliphatic carbocycles. The second kappa shape index (κ2) is 7.22.